The second-order valence-electron chi connectivity index (χ2n) is 2.80. The third kappa shape index (κ3) is 1.85. The van der Waals surface area contributed by atoms with Crippen LogP contribution in [0.2, 0.25) is 0 Å². The molecule has 0 saturated heterocycles. The number of hydrogen-bond acceptors (Lipinski definition) is 2. The van der Waals surface area contributed by atoms with Crippen LogP contribution >= 0.6 is 0 Å². The quantitative estimate of drug-likeness (QED) is 0.655. The molecule has 0 saturated carbocycles. The van der Waals surface area contributed by atoms with Crippen molar-refractivity contribution >= 4 is 9.73 Å². The van der Waals surface area contributed by atoms with Gasteiger partial charge in [0.1, 0.15) is 0 Å². The molecule has 1 rings (SSSR count). The lowest BCUT2D eigenvalue weighted by molar-refractivity contribution is 0.680. The second kappa shape index (κ2) is 3.27. The molecule has 1 unspecified atom stereocenters. The summed E-state index contributed by atoms with van der Waals surface area (Å²) in [6, 6.07) is 7.63. The van der Waals surface area contributed by atoms with Crippen molar-refractivity contribution in [3.63, 3.8) is 0 Å². The van der Waals surface area contributed by atoms with Crippen LogP contribution in [0.5, 0.6) is 0 Å². The lowest BCUT2D eigenvalue weighted by atomic mass is 10.2. The Labute approximate surface area is 73.8 Å². The minimum Gasteiger partial charge on any atom is -0.245 e. The van der Waals surface area contributed by atoms with Crippen molar-refractivity contribution in [1.82, 2.24) is 0 Å². The van der Waals surface area contributed by atoms with Crippen molar-refractivity contribution in [2.75, 3.05) is 13.3 Å². The van der Waals surface area contributed by atoms with Gasteiger partial charge in [0, 0.05) is 18.2 Å². The minimum atomic E-state index is -2.14. The van der Waals surface area contributed by atoms with E-state index in [9.17, 15) is 4.21 Å². The van der Waals surface area contributed by atoms with Gasteiger partial charge in [-0.05, 0) is 19.1 Å². The SMILES string of the molecule is CN=S(C)(=O)c1ccc(C)cc1. The first-order valence-corrected chi connectivity index (χ1v) is 5.65. The van der Waals surface area contributed by atoms with E-state index in [0.717, 1.165) is 4.90 Å². The van der Waals surface area contributed by atoms with Crippen LogP contribution in [0.25, 0.3) is 0 Å². The molecule has 0 aliphatic rings. The Bertz CT molecular complexity index is 372. The molecule has 1 aromatic rings. The van der Waals surface area contributed by atoms with Crippen LogP contribution in [0.1, 0.15) is 5.56 Å². The molecule has 0 aliphatic heterocycles. The molecule has 3 heteroatoms. The summed E-state index contributed by atoms with van der Waals surface area (Å²) in [5.74, 6) is 0. The average molecular weight is 183 g/mol. The van der Waals surface area contributed by atoms with Crippen molar-refractivity contribution in [3.05, 3.63) is 29.8 Å². The van der Waals surface area contributed by atoms with Crippen LogP contribution in [0.15, 0.2) is 33.5 Å². The topological polar surface area (TPSA) is 29.4 Å². The van der Waals surface area contributed by atoms with Crippen LogP contribution < -0.4 is 0 Å². The molecule has 1 atom stereocenters. The van der Waals surface area contributed by atoms with Gasteiger partial charge in [0.2, 0.25) is 0 Å². The molecule has 0 aliphatic carbocycles. The van der Waals surface area contributed by atoms with Crippen LogP contribution in [-0.2, 0) is 9.73 Å². The molecule has 0 bridgehead atoms. The number of rotatable bonds is 1. The zero-order valence-corrected chi connectivity index (χ0v) is 8.39. The van der Waals surface area contributed by atoms with Gasteiger partial charge in [0.25, 0.3) is 0 Å². The largest absolute Gasteiger partial charge is 0.245 e. The molecule has 0 fully saturated rings. The Morgan fingerprint density at radius 2 is 1.75 bits per heavy atom. The van der Waals surface area contributed by atoms with E-state index in [1.165, 1.54) is 5.56 Å². The summed E-state index contributed by atoms with van der Waals surface area (Å²) in [5.41, 5.74) is 1.17. The number of benzene rings is 1. The van der Waals surface area contributed by atoms with Crippen molar-refractivity contribution < 1.29 is 4.21 Å². The Morgan fingerprint density at radius 1 is 1.25 bits per heavy atom. The monoisotopic (exact) mass is 183 g/mol. The Kier molecular flexibility index (Phi) is 2.52. The molecule has 1 aromatic carbocycles. The fourth-order valence-corrected chi connectivity index (χ4v) is 1.75. The summed E-state index contributed by atoms with van der Waals surface area (Å²) >= 11 is 0. The fourth-order valence-electron chi connectivity index (χ4n) is 0.896. The molecular formula is C9H13NOS. The maximum absolute atomic E-state index is 11.7. The summed E-state index contributed by atoms with van der Waals surface area (Å²) in [6.45, 7) is 2.00. The molecule has 12 heavy (non-hydrogen) atoms. The fraction of sp³-hybridized carbons (Fsp3) is 0.333. The average Bonchev–Trinajstić information content (AvgIpc) is 2.05. The molecule has 0 radical (unpaired) electrons. The molecule has 2 nitrogen and oxygen atoms in total. The minimum absolute atomic E-state index is 0.801. The van der Waals surface area contributed by atoms with E-state index in [1.54, 1.807) is 13.3 Å². The highest BCUT2D eigenvalue weighted by molar-refractivity contribution is 7.93. The molecule has 0 amide bonds. The molecule has 66 valence electrons. The lowest BCUT2D eigenvalue weighted by Crippen LogP contribution is -1.96. The third-order valence-electron chi connectivity index (χ3n) is 1.81. The van der Waals surface area contributed by atoms with E-state index in [-0.39, 0.29) is 0 Å². The normalized spacial score (nSPS) is 15.2. The van der Waals surface area contributed by atoms with Gasteiger partial charge in [0.15, 0.2) is 0 Å². The van der Waals surface area contributed by atoms with Gasteiger partial charge in [-0.2, -0.15) is 0 Å². The molecule has 0 heterocycles. The third-order valence-corrected chi connectivity index (χ3v) is 3.65. The van der Waals surface area contributed by atoms with Gasteiger partial charge in [-0.25, -0.2) is 8.57 Å². The molecular weight excluding hydrogens is 170 g/mol. The summed E-state index contributed by atoms with van der Waals surface area (Å²) in [4.78, 5) is 0.801. The van der Waals surface area contributed by atoms with Crippen molar-refractivity contribution in [2.24, 2.45) is 4.36 Å². The van der Waals surface area contributed by atoms with Gasteiger partial charge in [-0.15, -0.1) is 0 Å². The molecule has 0 aromatic heterocycles. The number of nitrogens with zero attached hydrogens (tertiary/aromatic N) is 1. The highest BCUT2D eigenvalue weighted by Gasteiger charge is 2.02. The maximum Gasteiger partial charge on any atom is 0.0720 e. The van der Waals surface area contributed by atoms with E-state index in [1.807, 2.05) is 31.2 Å². The van der Waals surface area contributed by atoms with E-state index >= 15 is 0 Å². The van der Waals surface area contributed by atoms with E-state index in [4.69, 9.17) is 0 Å². The summed E-state index contributed by atoms with van der Waals surface area (Å²) < 4.78 is 15.5. The molecule has 0 N–H and O–H groups in total. The van der Waals surface area contributed by atoms with Gasteiger partial charge < -0.3 is 0 Å². The highest BCUT2D eigenvalue weighted by Crippen LogP contribution is 2.11. The van der Waals surface area contributed by atoms with E-state index in [2.05, 4.69) is 4.36 Å². The predicted octanol–water partition coefficient (Wildman–Crippen LogP) is 2.08. The molecule has 0 spiro atoms. The van der Waals surface area contributed by atoms with Gasteiger partial charge >= 0.3 is 0 Å². The summed E-state index contributed by atoms with van der Waals surface area (Å²) in [5, 5.41) is 0. The first kappa shape index (κ1) is 9.26. The van der Waals surface area contributed by atoms with Crippen LogP contribution in [0.4, 0.5) is 0 Å². The van der Waals surface area contributed by atoms with Crippen molar-refractivity contribution in [3.8, 4) is 0 Å². The van der Waals surface area contributed by atoms with Crippen LogP contribution in [0.3, 0.4) is 0 Å². The standard InChI is InChI=1S/C9H13NOS/c1-8-4-6-9(7-5-8)12(3,11)10-2/h4-7H,1-3H3. The van der Waals surface area contributed by atoms with E-state index < -0.39 is 9.73 Å². The highest BCUT2D eigenvalue weighted by atomic mass is 32.2. The van der Waals surface area contributed by atoms with Gasteiger partial charge in [-0.3, -0.25) is 0 Å². The lowest BCUT2D eigenvalue weighted by Gasteiger charge is -2.02. The van der Waals surface area contributed by atoms with Crippen molar-refractivity contribution in [1.29, 1.82) is 0 Å². The van der Waals surface area contributed by atoms with Gasteiger partial charge in [0.05, 0.1) is 9.73 Å². The van der Waals surface area contributed by atoms with Crippen molar-refractivity contribution in [2.45, 2.75) is 11.8 Å². The second-order valence-corrected chi connectivity index (χ2v) is 5.24. The number of hydrogen-bond donors (Lipinski definition) is 0. The predicted molar refractivity (Wildman–Crippen MR) is 51.9 cm³/mol. The first-order chi connectivity index (χ1) is 5.56. The van der Waals surface area contributed by atoms with Crippen LogP contribution in [0, 0.1) is 6.92 Å². The maximum atomic E-state index is 11.7. The smallest absolute Gasteiger partial charge is 0.0720 e. The Morgan fingerprint density at radius 3 is 2.17 bits per heavy atom. The van der Waals surface area contributed by atoms with Crippen LogP contribution in [-0.4, -0.2) is 17.5 Å². The zero-order chi connectivity index (χ0) is 9.19. The van der Waals surface area contributed by atoms with E-state index in [0.29, 0.717) is 0 Å². The Hall–Kier alpha value is -0.830. The zero-order valence-electron chi connectivity index (χ0n) is 7.57. The summed E-state index contributed by atoms with van der Waals surface area (Å²) in [6.07, 6.45) is 1.65. The summed E-state index contributed by atoms with van der Waals surface area (Å²) in [7, 11) is -0.554. The first-order valence-electron chi connectivity index (χ1n) is 3.73. The Balaban J connectivity index is 3.24. The van der Waals surface area contributed by atoms with Gasteiger partial charge in [-0.1, -0.05) is 17.7 Å². The number of aryl methyl sites for hydroxylation is 1.